The molecule has 6 nitrogen and oxygen atoms in total. The zero-order chi connectivity index (χ0) is 22.5. The molecule has 2 atom stereocenters. The molecular formula is C26H28N4O2. The number of hydrogen-bond acceptors (Lipinski definition) is 6. The number of Topliss-reactive ketones (excluding diaryl/α,β-unsaturated/α-hetero) is 1. The van der Waals surface area contributed by atoms with Crippen LogP contribution in [0.2, 0.25) is 0 Å². The second-order valence-electron chi connectivity index (χ2n) is 9.69. The number of rotatable bonds is 4. The van der Waals surface area contributed by atoms with Crippen LogP contribution in [0, 0.1) is 5.41 Å². The van der Waals surface area contributed by atoms with Crippen LogP contribution in [0.25, 0.3) is 11.1 Å². The van der Waals surface area contributed by atoms with Crippen molar-refractivity contribution in [3.63, 3.8) is 0 Å². The molecule has 5 rings (SSSR count). The van der Waals surface area contributed by atoms with Crippen molar-refractivity contribution in [1.29, 1.82) is 0 Å². The Morgan fingerprint density at radius 3 is 2.75 bits per heavy atom. The molecule has 2 aromatic rings. The molecule has 32 heavy (non-hydrogen) atoms. The molecule has 0 fully saturated rings. The van der Waals surface area contributed by atoms with E-state index in [0.717, 1.165) is 46.4 Å². The van der Waals surface area contributed by atoms with Crippen LogP contribution >= 0.6 is 0 Å². The number of aliphatic hydroxyl groups is 1. The van der Waals surface area contributed by atoms with Gasteiger partial charge in [-0.25, -0.2) is 0 Å². The molecule has 1 aromatic carbocycles. The molecule has 2 unspecified atom stereocenters. The predicted molar refractivity (Wildman–Crippen MR) is 122 cm³/mol. The smallest absolute Gasteiger partial charge is 0.164 e. The molecular weight excluding hydrogens is 400 g/mol. The fourth-order valence-electron chi connectivity index (χ4n) is 5.60. The Labute approximate surface area is 188 Å². The Bertz CT molecular complexity index is 1190. The third kappa shape index (κ3) is 3.13. The van der Waals surface area contributed by atoms with E-state index in [-0.39, 0.29) is 24.0 Å². The second kappa shape index (κ2) is 7.48. The Morgan fingerprint density at radius 2 is 1.97 bits per heavy atom. The summed E-state index contributed by atoms with van der Waals surface area (Å²) >= 11 is 0. The third-order valence-corrected chi connectivity index (χ3v) is 6.98. The minimum atomic E-state index is -0.564. The minimum absolute atomic E-state index is 0.0844. The van der Waals surface area contributed by atoms with Gasteiger partial charge in [0.2, 0.25) is 0 Å². The summed E-state index contributed by atoms with van der Waals surface area (Å²) in [7, 11) is 0. The van der Waals surface area contributed by atoms with Gasteiger partial charge in [-0.1, -0.05) is 39.0 Å². The van der Waals surface area contributed by atoms with Crippen LogP contribution in [-0.2, 0) is 16.8 Å². The number of azo groups is 1. The molecule has 1 aliphatic carbocycles. The highest BCUT2D eigenvalue weighted by atomic mass is 16.3. The summed E-state index contributed by atoms with van der Waals surface area (Å²) < 4.78 is 0. The SMILES string of the molecule is CCC1(c2cccc(-c3ccnc(CO)c3)c2)C2=CN=NC2NC2=C1C(=O)CC(C)(C)C2. The molecule has 0 bridgehead atoms. The average molecular weight is 429 g/mol. The molecule has 0 spiro atoms. The van der Waals surface area contributed by atoms with Crippen molar-refractivity contribution >= 4 is 5.78 Å². The van der Waals surface area contributed by atoms with Crippen molar-refractivity contribution in [2.45, 2.75) is 58.2 Å². The molecule has 164 valence electrons. The highest BCUT2D eigenvalue weighted by Gasteiger charge is 2.52. The molecule has 6 heteroatoms. The van der Waals surface area contributed by atoms with Crippen molar-refractivity contribution < 1.29 is 9.90 Å². The van der Waals surface area contributed by atoms with Crippen molar-refractivity contribution in [3.05, 3.63) is 76.9 Å². The lowest BCUT2D eigenvalue weighted by molar-refractivity contribution is -0.119. The monoisotopic (exact) mass is 428 g/mol. The van der Waals surface area contributed by atoms with Crippen LogP contribution in [-0.4, -0.2) is 22.0 Å². The summed E-state index contributed by atoms with van der Waals surface area (Å²) in [6.45, 7) is 6.33. The molecule has 2 N–H and O–H groups in total. The molecule has 1 aromatic heterocycles. The third-order valence-electron chi connectivity index (χ3n) is 6.98. The lowest BCUT2D eigenvalue weighted by atomic mass is 9.58. The van der Waals surface area contributed by atoms with Crippen molar-refractivity contribution in [3.8, 4) is 11.1 Å². The van der Waals surface area contributed by atoms with Gasteiger partial charge in [-0.15, -0.1) is 0 Å². The maximum Gasteiger partial charge on any atom is 0.164 e. The number of hydrogen-bond donors (Lipinski definition) is 2. The van der Waals surface area contributed by atoms with E-state index in [1.807, 2.05) is 24.4 Å². The van der Waals surface area contributed by atoms with Gasteiger partial charge < -0.3 is 10.4 Å². The minimum Gasteiger partial charge on any atom is -0.390 e. The van der Waals surface area contributed by atoms with Gasteiger partial charge in [0.25, 0.3) is 0 Å². The highest BCUT2D eigenvalue weighted by molar-refractivity contribution is 6.01. The van der Waals surface area contributed by atoms with Gasteiger partial charge in [0, 0.05) is 29.5 Å². The van der Waals surface area contributed by atoms with Gasteiger partial charge in [-0.2, -0.15) is 10.2 Å². The van der Waals surface area contributed by atoms with Crippen molar-refractivity contribution in [2.24, 2.45) is 15.6 Å². The number of carbonyl (C=O) groups is 1. The van der Waals surface area contributed by atoms with Gasteiger partial charge in [0.05, 0.1) is 23.9 Å². The van der Waals surface area contributed by atoms with Crippen LogP contribution in [0.1, 0.15) is 51.3 Å². The summed E-state index contributed by atoms with van der Waals surface area (Å²) in [5, 5.41) is 21.7. The van der Waals surface area contributed by atoms with Gasteiger partial charge in [0.15, 0.2) is 11.9 Å². The quantitative estimate of drug-likeness (QED) is 0.732. The zero-order valence-corrected chi connectivity index (χ0v) is 18.7. The predicted octanol–water partition coefficient (Wildman–Crippen LogP) is 4.81. The van der Waals surface area contributed by atoms with Crippen LogP contribution in [0.3, 0.4) is 0 Å². The molecule has 3 heterocycles. The normalized spacial score (nSPS) is 25.8. The summed E-state index contributed by atoms with van der Waals surface area (Å²) in [4.78, 5) is 17.8. The van der Waals surface area contributed by atoms with Crippen molar-refractivity contribution in [2.75, 3.05) is 0 Å². The van der Waals surface area contributed by atoms with E-state index in [1.54, 1.807) is 6.20 Å². The summed E-state index contributed by atoms with van der Waals surface area (Å²) in [6, 6.07) is 12.2. The number of nitrogens with zero attached hydrogens (tertiary/aromatic N) is 3. The number of fused-ring (bicyclic) bond motifs is 1. The second-order valence-corrected chi connectivity index (χ2v) is 9.69. The first-order valence-corrected chi connectivity index (χ1v) is 11.2. The number of benzene rings is 1. The van der Waals surface area contributed by atoms with E-state index in [0.29, 0.717) is 12.1 Å². The number of aliphatic hydroxyl groups excluding tert-OH is 1. The fourth-order valence-corrected chi connectivity index (χ4v) is 5.60. The van der Waals surface area contributed by atoms with Crippen LogP contribution in [0.15, 0.2) is 75.9 Å². The summed E-state index contributed by atoms with van der Waals surface area (Å²) in [5.74, 6) is 0.203. The molecule has 2 aliphatic heterocycles. The molecule has 0 saturated carbocycles. The Morgan fingerprint density at radius 1 is 1.16 bits per heavy atom. The van der Waals surface area contributed by atoms with Gasteiger partial charge >= 0.3 is 0 Å². The largest absolute Gasteiger partial charge is 0.390 e. The number of allylic oxidation sites excluding steroid dienone is 2. The van der Waals surface area contributed by atoms with E-state index < -0.39 is 5.41 Å². The average Bonchev–Trinajstić information content (AvgIpc) is 3.25. The van der Waals surface area contributed by atoms with Gasteiger partial charge in [0.1, 0.15) is 0 Å². The Kier molecular flexibility index (Phi) is 4.86. The Hall–Kier alpha value is -3.12. The molecule has 0 saturated heterocycles. The number of ketones is 1. The standard InChI is InChI=1S/C26H28N4O2/c1-4-26(18-7-5-6-16(10-18)17-8-9-27-19(11-17)15-31)20-14-28-30-24(20)29-21-12-25(2,3)13-22(32)23(21)26/h5-11,14,24,29,31H,4,12-13,15H2,1-3H3. The van der Waals surface area contributed by atoms with Crippen molar-refractivity contribution in [1.82, 2.24) is 10.3 Å². The number of nitrogens with one attached hydrogen (secondary N) is 1. The number of carbonyl (C=O) groups excluding carboxylic acids is 1. The van der Waals surface area contributed by atoms with Gasteiger partial charge in [-0.05, 0) is 53.1 Å². The summed E-state index contributed by atoms with van der Waals surface area (Å²) in [6.07, 6.45) is 5.41. The zero-order valence-electron chi connectivity index (χ0n) is 18.7. The summed E-state index contributed by atoms with van der Waals surface area (Å²) in [5.41, 5.74) is 5.99. The van der Waals surface area contributed by atoms with E-state index in [9.17, 15) is 9.90 Å². The van der Waals surface area contributed by atoms with Crippen LogP contribution in [0.5, 0.6) is 0 Å². The van der Waals surface area contributed by atoms with E-state index in [4.69, 9.17) is 0 Å². The fraction of sp³-hybridized carbons (Fsp3) is 0.385. The van der Waals surface area contributed by atoms with Crippen LogP contribution in [0.4, 0.5) is 0 Å². The highest BCUT2D eigenvalue weighted by Crippen LogP contribution is 2.53. The van der Waals surface area contributed by atoms with Crippen LogP contribution < -0.4 is 5.32 Å². The molecule has 0 amide bonds. The lowest BCUT2D eigenvalue weighted by Gasteiger charge is -2.47. The first-order chi connectivity index (χ1) is 15.4. The first kappa shape index (κ1) is 20.8. The molecule has 0 radical (unpaired) electrons. The maximum absolute atomic E-state index is 13.6. The number of aromatic nitrogens is 1. The number of pyridine rings is 1. The first-order valence-electron chi connectivity index (χ1n) is 11.2. The van der Waals surface area contributed by atoms with E-state index in [2.05, 4.69) is 59.5 Å². The van der Waals surface area contributed by atoms with Gasteiger partial charge in [-0.3, -0.25) is 9.78 Å². The van der Waals surface area contributed by atoms with E-state index >= 15 is 0 Å². The Balaban J connectivity index is 1.71. The topological polar surface area (TPSA) is 86.9 Å². The lowest BCUT2D eigenvalue weighted by Crippen LogP contribution is -2.51. The maximum atomic E-state index is 13.6. The molecule has 3 aliphatic rings. The van der Waals surface area contributed by atoms with E-state index in [1.165, 1.54) is 0 Å².